The van der Waals surface area contributed by atoms with Crippen molar-refractivity contribution in [1.82, 2.24) is 35.9 Å². The van der Waals surface area contributed by atoms with Crippen LogP contribution in [0.5, 0.6) is 11.5 Å². The largest absolute Gasteiger partial charge is 0.497 e. The molecule has 0 bridgehead atoms. The van der Waals surface area contributed by atoms with E-state index in [0.29, 0.717) is 24.5 Å². The number of aromatic nitrogens is 4. The number of aromatic amines is 1. The van der Waals surface area contributed by atoms with Crippen LogP contribution in [-0.2, 0) is 13.0 Å². The van der Waals surface area contributed by atoms with Gasteiger partial charge in [-0.2, -0.15) is 5.10 Å². The summed E-state index contributed by atoms with van der Waals surface area (Å²) in [6, 6.07) is 13.8. The summed E-state index contributed by atoms with van der Waals surface area (Å²) in [5.41, 5.74) is 10.1. The van der Waals surface area contributed by atoms with Crippen molar-refractivity contribution < 1.29 is 9.47 Å². The van der Waals surface area contributed by atoms with Crippen molar-refractivity contribution in [1.29, 1.82) is 0 Å². The summed E-state index contributed by atoms with van der Waals surface area (Å²) in [5, 5.41) is 14.4. The molecule has 6 rings (SSSR count). The molecule has 0 fully saturated rings. The van der Waals surface area contributed by atoms with Gasteiger partial charge < -0.3 is 14.8 Å². The minimum atomic E-state index is 0.0823. The molecule has 0 saturated heterocycles. The summed E-state index contributed by atoms with van der Waals surface area (Å²) in [5.74, 6) is 2.29. The molecule has 2 aliphatic rings. The van der Waals surface area contributed by atoms with Crippen LogP contribution < -0.4 is 20.2 Å². The Morgan fingerprint density at radius 1 is 1.10 bits per heavy atom. The number of allylic oxidation sites excluding steroid dienone is 1. The molecule has 9 nitrogen and oxygen atoms in total. The summed E-state index contributed by atoms with van der Waals surface area (Å²) >= 11 is 7.75. The van der Waals surface area contributed by atoms with E-state index in [2.05, 4.69) is 56.2 Å². The maximum absolute atomic E-state index is 6.12. The lowest BCUT2D eigenvalue weighted by atomic mass is 10.0. The number of nitrogens with one attached hydrogen (secondary N) is 3. The van der Waals surface area contributed by atoms with Crippen molar-refractivity contribution in [3.63, 3.8) is 0 Å². The average molecular weight is 588 g/mol. The van der Waals surface area contributed by atoms with Gasteiger partial charge in [0.25, 0.3) is 0 Å². The number of benzene rings is 2. The van der Waals surface area contributed by atoms with E-state index in [9.17, 15) is 0 Å². The third kappa shape index (κ3) is 5.77. The molecule has 41 heavy (non-hydrogen) atoms. The second-order valence-corrected chi connectivity index (χ2v) is 11.2. The number of rotatable bonds is 10. The lowest BCUT2D eigenvalue weighted by molar-refractivity contribution is 0.359. The number of nitrogens with zero attached hydrogens (tertiary/aromatic N) is 4. The zero-order valence-electron chi connectivity index (χ0n) is 22.9. The van der Waals surface area contributed by atoms with E-state index in [1.54, 1.807) is 25.6 Å². The predicted molar refractivity (Wildman–Crippen MR) is 162 cm³/mol. The summed E-state index contributed by atoms with van der Waals surface area (Å²) < 4.78 is 10.9. The Labute approximate surface area is 247 Å². The molecule has 2 aromatic heterocycles. The molecule has 0 radical (unpaired) electrons. The number of hydrogen-bond donors (Lipinski definition) is 3. The molecule has 2 aliphatic heterocycles. The fraction of sp³-hybridized carbons (Fsp3) is 0.233. The highest BCUT2D eigenvalue weighted by atomic mass is 35.5. The summed E-state index contributed by atoms with van der Waals surface area (Å²) in [7, 11) is 3.33. The number of fused-ring (bicyclic) bond motifs is 1. The molecular weight excluding hydrogens is 558 g/mol. The first kappa shape index (κ1) is 27.2. The molecule has 2 aromatic carbocycles. The normalized spacial score (nSPS) is 16.2. The van der Waals surface area contributed by atoms with E-state index in [1.165, 1.54) is 11.9 Å². The van der Waals surface area contributed by atoms with E-state index in [4.69, 9.17) is 26.1 Å². The van der Waals surface area contributed by atoms with E-state index >= 15 is 0 Å². The Hall–Kier alpha value is -3.96. The maximum atomic E-state index is 6.12. The van der Waals surface area contributed by atoms with Crippen LogP contribution in [0.15, 0.2) is 78.4 Å². The average Bonchev–Trinajstić information content (AvgIpc) is 3.73. The fourth-order valence-electron chi connectivity index (χ4n) is 4.99. The zero-order chi connectivity index (χ0) is 28.3. The van der Waals surface area contributed by atoms with Gasteiger partial charge >= 0.3 is 0 Å². The highest BCUT2D eigenvalue weighted by Crippen LogP contribution is 2.39. The number of thiazole rings is 1. The fourth-order valence-corrected chi connectivity index (χ4v) is 6.28. The van der Waals surface area contributed by atoms with Crippen molar-refractivity contribution in [3.8, 4) is 22.2 Å². The van der Waals surface area contributed by atoms with Gasteiger partial charge in [0.1, 0.15) is 22.8 Å². The van der Waals surface area contributed by atoms with E-state index in [-0.39, 0.29) is 6.04 Å². The highest BCUT2D eigenvalue weighted by Gasteiger charge is 2.32. The van der Waals surface area contributed by atoms with Gasteiger partial charge in [-0.3, -0.25) is 10.1 Å². The van der Waals surface area contributed by atoms with Gasteiger partial charge in [0.2, 0.25) is 0 Å². The van der Waals surface area contributed by atoms with E-state index < -0.39 is 0 Å². The third-order valence-electron chi connectivity index (χ3n) is 7.04. The molecule has 4 aromatic rings. The lowest BCUT2D eigenvalue weighted by Gasteiger charge is -2.21. The number of methoxy groups -OCH3 is 2. The number of ether oxygens (including phenoxy) is 2. The monoisotopic (exact) mass is 587 g/mol. The number of H-pyrrole nitrogens is 1. The number of hydrogen-bond acceptors (Lipinski definition) is 9. The zero-order valence-corrected chi connectivity index (χ0v) is 24.5. The first-order valence-corrected chi connectivity index (χ1v) is 14.4. The topological polar surface area (TPSA) is 100 Å². The van der Waals surface area contributed by atoms with Crippen molar-refractivity contribution in [2.45, 2.75) is 25.9 Å². The van der Waals surface area contributed by atoms with E-state index in [0.717, 1.165) is 55.3 Å². The van der Waals surface area contributed by atoms with E-state index in [1.807, 2.05) is 42.5 Å². The van der Waals surface area contributed by atoms with Gasteiger partial charge in [0.05, 0.1) is 36.5 Å². The Morgan fingerprint density at radius 3 is 2.71 bits per heavy atom. The van der Waals surface area contributed by atoms with Gasteiger partial charge in [-0.1, -0.05) is 29.8 Å². The molecule has 4 heterocycles. The van der Waals surface area contributed by atoms with Crippen LogP contribution in [0.4, 0.5) is 0 Å². The maximum Gasteiger partial charge on any atom is 0.167 e. The summed E-state index contributed by atoms with van der Waals surface area (Å²) in [6.45, 7) is 3.53. The first-order chi connectivity index (χ1) is 20.0. The molecule has 1 atom stereocenters. The molecule has 0 spiro atoms. The van der Waals surface area contributed by atoms with Gasteiger partial charge in [-0.15, -0.1) is 11.3 Å². The molecule has 210 valence electrons. The van der Waals surface area contributed by atoms with Crippen LogP contribution in [0, 0.1) is 0 Å². The van der Waals surface area contributed by atoms with Crippen LogP contribution in [0.2, 0.25) is 5.02 Å². The minimum Gasteiger partial charge on any atom is -0.497 e. The smallest absolute Gasteiger partial charge is 0.167 e. The van der Waals surface area contributed by atoms with Crippen LogP contribution in [-0.4, -0.2) is 52.0 Å². The van der Waals surface area contributed by atoms with Gasteiger partial charge in [-0.25, -0.2) is 15.4 Å². The standard InChI is InChI=1S/C30H30ClN7O2S/c1-18-27(30-35-24(12-19-4-7-22(31)8-5-19)28(41-30)29-33-17-34-36-29)25-13-20(10-11-38(25)37-18)15-32-16-21-6-9-23(39-2)14-26(21)40-3/h4-11,13-14,17-18,32,37H,12,15-16H2,1-3H3,(H,33,34,36). The van der Waals surface area contributed by atoms with Gasteiger partial charge in [0.15, 0.2) is 5.82 Å². The summed E-state index contributed by atoms with van der Waals surface area (Å²) in [6.07, 6.45) is 8.61. The Morgan fingerprint density at radius 2 is 1.95 bits per heavy atom. The number of hydrazine groups is 1. The molecule has 1 unspecified atom stereocenters. The summed E-state index contributed by atoms with van der Waals surface area (Å²) in [4.78, 5) is 10.6. The van der Waals surface area contributed by atoms with Gasteiger partial charge in [-0.05, 0) is 48.4 Å². The van der Waals surface area contributed by atoms with Crippen LogP contribution in [0.25, 0.3) is 16.3 Å². The molecule has 0 aliphatic carbocycles. The highest BCUT2D eigenvalue weighted by molar-refractivity contribution is 7.16. The minimum absolute atomic E-state index is 0.0823. The van der Waals surface area contributed by atoms with Crippen molar-refractivity contribution >= 4 is 28.5 Å². The van der Waals surface area contributed by atoms with Gasteiger partial charge in [0, 0.05) is 47.9 Å². The molecule has 3 N–H and O–H groups in total. The Bertz CT molecular complexity index is 1630. The second-order valence-electron chi connectivity index (χ2n) is 9.77. The molecule has 0 saturated carbocycles. The SMILES string of the molecule is COc1ccc(CNCC2=CC3=C(c4nc(Cc5ccc(Cl)cc5)c(-c5ncn[nH]5)s4)C(C)NN3C=C2)c(OC)c1. The van der Waals surface area contributed by atoms with Crippen molar-refractivity contribution in [3.05, 3.63) is 105 Å². The van der Waals surface area contributed by atoms with Crippen molar-refractivity contribution in [2.24, 2.45) is 0 Å². The lowest BCUT2D eigenvalue weighted by Crippen LogP contribution is -2.32. The van der Waals surface area contributed by atoms with Crippen molar-refractivity contribution in [2.75, 3.05) is 20.8 Å². The number of halogens is 1. The van der Waals surface area contributed by atoms with Crippen LogP contribution in [0.1, 0.15) is 28.8 Å². The Balaban J connectivity index is 1.27. The molecular formula is C30H30ClN7O2S. The van der Waals surface area contributed by atoms with Crippen LogP contribution in [0.3, 0.4) is 0 Å². The second kappa shape index (κ2) is 11.9. The third-order valence-corrected chi connectivity index (χ3v) is 8.43. The van der Waals surface area contributed by atoms with Crippen LogP contribution >= 0.6 is 22.9 Å². The first-order valence-electron chi connectivity index (χ1n) is 13.2. The predicted octanol–water partition coefficient (Wildman–Crippen LogP) is 5.35. The molecule has 0 amide bonds. The Kier molecular flexibility index (Phi) is 7.89. The molecule has 11 heteroatoms. The quantitative estimate of drug-likeness (QED) is 0.228.